The van der Waals surface area contributed by atoms with E-state index in [0.717, 1.165) is 17.7 Å². The van der Waals surface area contributed by atoms with Crippen molar-refractivity contribution in [3.05, 3.63) is 60.1 Å². The van der Waals surface area contributed by atoms with E-state index in [4.69, 9.17) is 9.52 Å². The monoisotopic (exact) mass is 299 g/mol. The van der Waals surface area contributed by atoms with Crippen LogP contribution in [0.3, 0.4) is 0 Å². The molecule has 2 aromatic rings. The zero-order valence-corrected chi connectivity index (χ0v) is 12.0. The fourth-order valence-electron chi connectivity index (χ4n) is 2.70. The second-order valence-electron chi connectivity index (χ2n) is 5.54. The zero-order chi connectivity index (χ0) is 15.5. The summed E-state index contributed by atoms with van der Waals surface area (Å²) < 4.78 is 5.33. The molecule has 0 saturated heterocycles. The van der Waals surface area contributed by atoms with Gasteiger partial charge < -0.3 is 14.4 Å². The lowest BCUT2D eigenvalue weighted by molar-refractivity contribution is -0.145. The summed E-state index contributed by atoms with van der Waals surface area (Å²) >= 11 is 0. The van der Waals surface area contributed by atoms with E-state index < -0.39 is 5.97 Å². The fraction of sp³-hybridized carbons (Fsp3) is 0.294. The summed E-state index contributed by atoms with van der Waals surface area (Å²) in [6.45, 7) is 0.0302. The Morgan fingerprint density at radius 2 is 1.95 bits per heavy atom. The first kappa shape index (κ1) is 14.4. The van der Waals surface area contributed by atoms with Gasteiger partial charge in [0, 0.05) is 18.4 Å². The van der Waals surface area contributed by atoms with Gasteiger partial charge in [0.05, 0.1) is 6.26 Å². The topological polar surface area (TPSA) is 70.8 Å². The van der Waals surface area contributed by atoms with Crippen molar-refractivity contribution in [1.29, 1.82) is 0 Å². The number of furan rings is 1. The lowest BCUT2D eigenvalue weighted by Gasteiger charge is -2.21. The minimum Gasteiger partial charge on any atom is -0.480 e. The van der Waals surface area contributed by atoms with E-state index in [1.54, 1.807) is 12.3 Å². The molecule has 0 radical (unpaired) electrons. The van der Waals surface area contributed by atoms with E-state index in [2.05, 4.69) is 0 Å². The van der Waals surface area contributed by atoms with Crippen LogP contribution < -0.4 is 0 Å². The van der Waals surface area contributed by atoms with Crippen LogP contribution in [-0.4, -0.2) is 28.4 Å². The molecule has 1 N–H and O–H groups in total. The molecule has 0 aliphatic heterocycles. The number of carbonyl (C=O) groups excluding carboxylic acids is 1. The number of rotatable bonds is 6. The molecule has 0 unspecified atom stereocenters. The Hall–Kier alpha value is -2.56. The zero-order valence-electron chi connectivity index (χ0n) is 12.0. The van der Waals surface area contributed by atoms with Crippen molar-refractivity contribution in [2.75, 3.05) is 6.54 Å². The predicted molar refractivity (Wildman–Crippen MR) is 79.1 cm³/mol. The number of carbonyl (C=O) groups is 2. The third-order valence-corrected chi connectivity index (χ3v) is 3.87. The summed E-state index contributed by atoms with van der Waals surface area (Å²) in [5.74, 6) is -0.413. The van der Waals surface area contributed by atoms with Gasteiger partial charge in [0.1, 0.15) is 12.3 Å². The van der Waals surface area contributed by atoms with E-state index in [1.807, 2.05) is 36.4 Å². The first-order valence-electron chi connectivity index (χ1n) is 7.23. The SMILES string of the molecule is O=C(O)CN(Cc1ccccc1)C(=O)[C@@H]1C[C@@H]1c1ccco1. The average Bonchev–Trinajstić information content (AvgIpc) is 3.11. The number of aliphatic carboxylic acids is 1. The van der Waals surface area contributed by atoms with E-state index in [0.29, 0.717) is 6.54 Å². The maximum atomic E-state index is 12.6. The van der Waals surface area contributed by atoms with Gasteiger partial charge in [-0.05, 0) is 24.1 Å². The molecular weight excluding hydrogens is 282 g/mol. The van der Waals surface area contributed by atoms with Crippen molar-refractivity contribution in [1.82, 2.24) is 4.90 Å². The van der Waals surface area contributed by atoms with Gasteiger partial charge in [-0.25, -0.2) is 0 Å². The molecule has 1 aromatic carbocycles. The summed E-state index contributed by atoms with van der Waals surface area (Å²) in [5.41, 5.74) is 0.923. The van der Waals surface area contributed by atoms with Crippen LogP contribution in [0.25, 0.3) is 0 Å². The Labute approximate surface area is 128 Å². The number of amides is 1. The van der Waals surface area contributed by atoms with Gasteiger partial charge >= 0.3 is 5.97 Å². The molecule has 1 saturated carbocycles. The number of nitrogens with zero attached hydrogens (tertiary/aromatic N) is 1. The molecule has 22 heavy (non-hydrogen) atoms. The summed E-state index contributed by atoms with van der Waals surface area (Å²) in [7, 11) is 0. The van der Waals surface area contributed by atoms with Crippen molar-refractivity contribution >= 4 is 11.9 Å². The third-order valence-electron chi connectivity index (χ3n) is 3.87. The van der Waals surface area contributed by atoms with Crippen LogP contribution in [0.15, 0.2) is 53.1 Å². The first-order valence-corrected chi connectivity index (χ1v) is 7.23. The lowest BCUT2D eigenvalue weighted by atomic mass is 10.2. The molecule has 1 aliphatic carbocycles. The van der Waals surface area contributed by atoms with E-state index >= 15 is 0 Å². The third kappa shape index (κ3) is 3.19. The van der Waals surface area contributed by atoms with Gasteiger partial charge in [0.15, 0.2) is 0 Å². The number of hydrogen-bond acceptors (Lipinski definition) is 3. The molecule has 1 amide bonds. The highest BCUT2D eigenvalue weighted by atomic mass is 16.4. The molecule has 1 aromatic heterocycles. The molecule has 1 heterocycles. The Morgan fingerprint density at radius 3 is 2.59 bits per heavy atom. The second kappa shape index (κ2) is 6.05. The Kier molecular flexibility index (Phi) is 3.96. The molecule has 114 valence electrons. The van der Waals surface area contributed by atoms with E-state index in [-0.39, 0.29) is 24.3 Å². The van der Waals surface area contributed by atoms with E-state index in [1.165, 1.54) is 4.90 Å². The second-order valence-corrected chi connectivity index (χ2v) is 5.54. The number of benzene rings is 1. The molecular formula is C17H17NO4. The lowest BCUT2D eigenvalue weighted by Crippen LogP contribution is -2.36. The van der Waals surface area contributed by atoms with Crippen molar-refractivity contribution < 1.29 is 19.1 Å². The van der Waals surface area contributed by atoms with Crippen LogP contribution in [0.2, 0.25) is 0 Å². The van der Waals surface area contributed by atoms with Crippen molar-refractivity contribution in [2.24, 2.45) is 5.92 Å². The minimum atomic E-state index is -1.00. The smallest absolute Gasteiger partial charge is 0.323 e. The highest BCUT2D eigenvalue weighted by Crippen LogP contribution is 2.48. The molecule has 3 rings (SSSR count). The molecule has 5 nitrogen and oxygen atoms in total. The van der Waals surface area contributed by atoms with Crippen LogP contribution >= 0.6 is 0 Å². The van der Waals surface area contributed by atoms with Gasteiger partial charge in [-0.3, -0.25) is 9.59 Å². The summed E-state index contributed by atoms with van der Waals surface area (Å²) in [4.78, 5) is 25.0. The van der Waals surface area contributed by atoms with Gasteiger partial charge in [-0.2, -0.15) is 0 Å². The molecule has 0 bridgehead atoms. The normalized spacial score (nSPS) is 19.6. The highest BCUT2D eigenvalue weighted by Gasteiger charge is 2.47. The number of carboxylic acids is 1. The minimum absolute atomic E-state index is 0.0783. The predicted octanol–water partition coefficient (Wildman–Crippen LogP) is 2.50. The first-order chi connectivity index (χ1) is 10.6. The van der Waals surface area contributed by atoms with Crippen molar-refractivity contribution in [2.45, 2.75) is 18.9 Å². The quantitative estimate of drug-likeness (QED) is 0.889. The molecule has 0 spiro atoms. The Balaban J connectivity index is 1.69. The van der Waals surface area contributed by atoms with Crippen LogP contribution in [0.5, 0.6) is 0 Å². The number of carboxylic acid groups (broad SMARTS) is 1. The molecule has 1 aliphatic rings. The van der Waals surface area contributed by atoms with Gasteiger partial charge in [0.25, 0.3) is 0 Å². The van der Waals surface area contributed by atoms with Crippen LogP contribution in [-0.2, 0) is 16.1 Å². The van der Waals surface area contributed by atoms with Crippen molar-refractivity contribution in [3.8, 4) is 0 Å². The summed E-state index contributed by atoms with van der Waals surface area (Å²) in [6.07, 6.45) is 2.31. The van der Waals surface area contributed by atoms with E-state index in [9.17, 15) is 9.59 Å². The molecule has 1 fully saturated rings. The number of hydrogen-bond donors (Lipinski definition) is 1. The average molecular weight is 299 g/mol. The highest BCUT2D eigenvalue weighted by molar-refractivity contribution is 5.86. The van der Waals surface area contributed by atoms with Crippen LogP contribution in [0, 0.1) is 5.92 Å². The van der Waals surface area contributed by atoms with Gasteiger partial charge in [0.2, 0.25) is 5.91 Å². The summed E-state index contributed by atoms with van der Waals surface area (Å²) in [6, 6.07) is 13.1. The summed E-state index contributed by atoms with van der Waals surface area (Å²) in [5, 5.41) is 9.05. The Morgan fingerprint density at radius 1 is 1.18 bits per heavy atom. The fourth-order valence-corrected chi connectivity index (χ4v) is 2.70. The standard InChI is InChI=1S/C17H17NO4/c19-16(20)11-18(10-12-5-2-1-3-6-12)17(21)14-9-13(14)15-7-4-8-22-15/h1-8,13-14H,9-11H2,(H,19,20)/t13-,14+/m0/s1. The maximum Gasteiger partial charge on any atom is 0.323 e. The molecule has 2 atom stereocenters. The van der Waals surface area contributed by atoms with Gasteiger partial charge in [-0.15, -0.1) is 0 Å². The van der Waals surface area contributed by atoms with Gasteiger partial charge in [-0.1, -0.05) is 30.3 Å². The van der Waals surface area contributed by atoms with Crippen molar-refractivity contribution in [3.63, 3.8) is 0 Å². The van der Waals surface area contributed by atoms with Crippen LogP contribution in [0.4, 0.5) is 0 Å². The largest absolute Gasteiger partial charge is 0.480 e. The Bertz CT molecular complexity index is 651. The maximum absolute atomic E-state index is 12.6. The van der Waals surface area contributed by atoms with Crippen LogP contribution in [0.1, 0.15) is 23.7 Å². The molecule has 5 heteroatoms.